The Morgan fingerprint density at radius 1 is 1.12 bits per heavy atom. The number of esters is 1. The van der Waals surface area contributed by atoms with Crippen LogP contribution < -0.4 is 10.4 Å². The molecule has 6 heteroatoms. The number of benzene rings is 2. The molecule has 1 N–H and O–H groups in total. The van der Waals surface area contributed by atoms with E-state index in [0.717, 1.165) is 0 Å². The normalized spacial score (nSPS) is 10.6. The van der Waals surface area contributed by atoms with Crippen LogP contribution in [0.4, 0.5) is 0 Å². The van der Waals surface area contributed by atoms with Crippen LogP contribution in [0.25, 0.3) is 11.0 Å². The van der Waals surface area contributed by atoms with Crippen molar-refractivity contribution in [2.75, 3.05) is 6.61 Å². The monoisotopic (exact) mass is 340 g/mol. The minimum absolute atomic E-state index is 0.0146. The van der Waals surface area contributed by atoms with E-state index in [2.05, 4.69) is 0 Å². The van der Waals surface area contributed by atoms with Crippen LogP contribution in [-0.2, 0) is 11.3 Å². The molecule has 1 heterocycles. The molecule has 2 aromatic carbocycles. The lowest BCUT2D eigenvalue weighted by Gasteiger charge is -2.08. The minimum atomic E-state index is -0.579. The van der Waals surface area contributed by atoms with Crippen molar-refractivity contribution < 1.29 is 23.8 Å². The molecule has 3 aromatic rings. The molecule has 6 nitrogen and oxygen atoms in total. The average molecular weight is 340 g/mol. The van der Waals surface area contributed by atoms with Crippen molar-refractivity contribution in [2.24, 2.45) is 0 Å². The molecule has 0 atom stereocenters. The van der Waals surface area contributed by atoms with Gasteiger partial charge in [-0.1, -0.05) is 0 Å². The number of rotatable bonds is 5. The molecule has 0 saturated heterocycles. The Morgan fingerprint density at radius 2 is 1.88 bits per heavy atom. The molecule has 0 fully saturated rings. The highest BCUT2D eigenvalue weighted by Gasteiger charge is 2.11. The van der Waals surface area contributed by atoms with E-state index in [9.17, 15) is 14.7 Å². The maximum absolute atomic E-state index is 12.2. The lowest BCUT2D eigenvalue weighted by molar-refractivity contribution is 0.0474. The minimum Gasteiger partial charge on any atom is -0.508 e. The molecule has 0 saturated carbocycles. The number of carbonyl (C=O) groups is 1. The van der Waals surface area contributed by atoms with E-state index in [4.69, 9.17) is 13.9 Å². The first kappa shape index (κ1) is 16.6. The largest absolute Gasteiger partial charge is 0.508 e. The van der Waals surface area contributed by atoms with Gasteiger partial charge in [-0.3, -0.25) is 0 Å². The molecule has 0 unspecified atom stereocenters. The fraction of sp³-hybridized carbons (Fsp3) is 0.158. The third kappa shape index (κ3) is 3.80. The lowest BCUT2D eigenvalue weighted by atomic mass is 10.1. The second-order valence-corrected chi connectivity index (χ2v) is 5.30. The van der Waals surface area contributed by atoms with E-state index in [0.29, 0.717) is 28.9 Å². The zero-order valence-electron chi connectivity index (χ0n) is 13.5. The maximum Gasteiger partial charge on any atom is 0.338 e. The summed E-state index contributed by atoms with van der Waals surface area (Å²) >= 11 is 0. The van der Waals surface area contributed by atoms with Gasteiger partial charge in [0.25, 0.3) is 0 Å². The third-order valence-corrected chi connectivity index (χ3v) is 3.57. The molecule has 0 bridgehead atoms. The van der Waals surface area contributed by atoms with Gasteiger partial charge in [-0.05, 0) is 43.3 Å². The van der Waals surface area contributed by atoms with Crippen LogP contribution in [0, 0.1) is 0 Å². The first-order chi connectivity index (χ1) is 12.1. The van der Waals surface area contributed by atoms with Crippen LogP contribution in [0.3, 0.4) is 0 Å². The number of ether oxygens (including phenoxy) is 2. The van der Waals surface area contributed by atoms with Gasteiger partial charge < -0.3 is 19.0 Å². The summed E-state index contributed by atoms with van der Waals surface area (Å²) < 4.78 is 15.6. The molecule has 25 heavy (non-hydrogen) atoms. The topological polar surface area (TPSA) is 86.0 Å². The third-order valence-electron chi connectivity index (χ3n) is 3.57. The highest BCUT2D eigenvalue weighted by Crippen LogP contribution is 2.22. The van der Waals surface area contributed by atoms with E-state index in [1.54, 1.807) is 30.3 Å². The zero-order chi connectivity index (χ0) is 17.8. The quantitative estimate of drug-likeness (QED) is 0.567. The molecule has 0 amide bonds. The summed E-state index contributed by atoms with van der Waals surface area (Å²) in [7, 11) is 0. The summed E-state index contributed by atoms with van der Waals surface area (Å²) in [6.45, 7) is 2.34. The first-order valence-electron chi connectivity index (χ1n) is 7.72. The van der Waals surface area contributed by atoms with E-state index in [1.165, 1.54) is 18.2 Å². The van der Waals surface area contributed by atoms with Gasteiger partial charge in [-0.25, -0.2) is 9.59 Å². The number of hydrogen-bond acceptors (Lipinski definition) is 6. The van der Waals surface area contributed by atoms with E-state index in [-0.39, 0.29) is 17.9 Å². The molecule has 0 radical (unpaired) electrons. The van der Waals surface area contributed by atoms with Gasteiger partial charge in [0.05, 0.1) is 12.2 Å². The van der Waals surface area contributed by atoms with Crippen LogP contribution in [0.2, 0.25) is 0 Å². The smallest absolute Gasteiger partial charge is 0.338 e. The number of phenols is 1. The molecule has 1 aromatic heterocycles. The number of fused-ring (bicyclic) bond motifs is 1. The Hall–Kier alpha value is -3.28. The number of carbonyl (C=O) groups excluding carboxylic acids is 1. The van der Waals surface area contributed by atoms with E-state index in [1.807, 2.05) is 6.92 Å². The average Bonchev–Trinajstić information content (AvgIpc) is 2.59. The summed E-state index contributed by atoms with van der Waals surface area (Å²) in [6.07, 6.45) is 0. The number of hydrogen-bond donors (Lipinski definition) is 1. The van der Waals surface area contributed by atoms with Crippen molar-refractivity contribution in [1.82, 2.24) is 0 Å². The molecular weight excluding hydrogens is 324 g/mol. The van der Waals surface area contributed by atoms with Gasteiger partial charge in [0.2, 0.25) is 0 Å². The number of phenolic OH excluding ortho intramolecular Hbond substituents is 1. The fourth-order valence-electron chi connectivity index (χ4n) is 2.42. The predicted octanol–water partition coefficient (Wildman–Crippen LogP) is 3.25. The molecule has 0 aliphatic rings. The first-order valence-corrected chi connectivity index (χ1v) is 7.72. The summed E-state index contributed by atoms with van der Waals surface area (Å²) in [6, 6.07) is 12.3. The predicted molar refractivity (Wildman–Crippen MR) is 90.9 cm³/mol. The Balaban J connectivity index is 1.78. The Morgan fingerprint density at radius 3 is 2.60 bits per heavy atom. The van der Waals surface area contributed by atoms with Crippen LogP contribution in [-0.4, -0.2) is 17.7 Å². The van der Waals surface area contributed by atoms with Crippen molar-refractivity contribution in [3.63, 3.8) is 0 Å². The summed E-state index contributed by atoms with van der Waals surface area (Å²) in [5, 5.41) is 10.1. The van der Waals surface area contributed by atoms with Crippen LogP contribution in [0.1, 0.15) is 22.8 Å². The van der Waals surface area contributed by atoms with Gasteiger partial charge >= 0.3 is 11.6 Å². The van der Waals surface area contributed by atoms with E-state index >= 15 is 0 Å². The molecule has 128 valence electrons. The zero-order valence-corrected chi connectivity index (χ0v) is 13.5. The summed E-state index contributed by atoms with van der Waals surface area (Å²) in [5.41, 5.74) is 0.545. The SMILES string of the molecule is CCOc1ccc(C(=O)OCc2cc(=O)oc3cc(O)ccc23)cc1. The van der Waals surface area contributed by atoms with Crippen molar-refractivity contribution in [2.45, 2.75) is 13.5 Å². The number of aromatic hydroxyl groups is 1. The van der Waals surface area contributed by atoms with Crippen molar-refractivity contribution >= 4 is 16.9 Å². The van der Waals surface area contributed by atoms with E-state index < -0.39 is 11.6 Å². The van der Waals surface area contributed by atoms with Gasteiger partial charge in [0.15, 0.2) is 0 Å². The highest BCUT2D eigenvalue weighted by atomic mass is 16.5. The lowest BCUT2D eigenvalue weighted by Crippen LogP contribution is -2.08. The van der Waals surface area contributed by atoms with Gasteiger partial charge in [0, 0.05) is 23.1 Å². The Labute approximate surface area is 143 Å². The molecular formula is C19H16O6. The summed E-state index contributed by atoms with van der Waals surface area (Å²) in [5.74, 6) is 0.146. The van der Waals surface area contributed by atoms with Gasteiger partial charge in [0.1, 0.15) is 23.7 Å². The second kappa shape index (κ2) is 7.09. The van der Waals surface area contributed by atoms with Gasteiger partial charge in [-0.15, -0.1) is 0 Å². The van der Waals surface area contributed by atoms with Crippen molar-refractivity contribution in [3.8, 4) is 11.5 Å². The highest BCUT2D eigenvalue weighted by molar-refractivity contribution is 5.89. The van der Waals surface area contributed by atoms with Crippen LogP contribution in [0.15, 0.2) is 57.7 Å². The molecule has 0 aliphatic carbocycles. The fourth-order valence-corrected chi connectivity index (χ4v) is 2.42. The molecule has 0 aliphatic heterocycles. The second-order valence-electron chi connectivity index (χ2n) is 5.30. The summed E-state index contributed by atoms with van der Waals surface area (Å²) in [4.78, 5) is 23.8. The molecule has 3 rings (SSSR count). The van der Waals surface area contributed by atoms with Crippen molar-refractivity contribution in [3.05, 3.63) is 70.1 Å². The van der Waals surface area contributed by atoms with Crippen molar-refractivity contribution in [1.29, 1.82) is 0 Å². The maximum atomic E-state index is 12.2. The Kier molecular flexibility index (Phi) is 4.70. The molecule has 0 spiro atoms. The Bertz CT molecular complexity index is 956. The van der Waals surface area contributed by atoms with Crippen LogP contribution in [0.5, 0.6) is 11.5 Å². The van der Waals surface area contributed by atoms with Gasteiger partial charge in [-0.2, -0.15) is 0 Å². The van der Waals surface area contributed by atoms with Crippen LogP contribution >= 0.6 is 0 Å². The standard InChI is InChI=1S/C19H16O6/c1-2-23-15-6-3-12(4-7-15)19(22)24-11-13-9-18(21)25-17-10-14(20)5-8-16(13)17/h3-10,20H,2,11H2,1H3.